The molecule has 0 radical (unpaired) electrons. The zero-order valence-electron chi connectivity index (χ0n) is 15.8. The number of aromatic amines is 1. The third-order valence-electron chi connectivity index (χ3n) is 4.97. The molecule has 0 aliphatic carbocycles. The van der Waals surface area contributed by atoms with Crippen LogP contribution in [-0.2, 0) is 13.1 Å². The lowest BCUT2D eigenvalue weighted by molar-refractivity contribution is -0.386. The molecule has 1 amide bonds. The maximum atomic E-state index is 12.2. The van der Waals surface area contributed by atoms with E-state index >= 15 is 0 Å². The summed E-state index contributed by atoms with van der Waals surface area (Å²) in [7, 11) is 0. The summed E-state index contributed by atoms with van der Waals surface area (Å²) in [5.41, 5.74) is 0.731. The molecule has 28 heavy (non-hydrogen) atoms. The van der Waals surface area contributed by atoms with Crippen LogP contribution < -0.4 is 10.9 Å². The molecular formula is C20H24N4O4. The second kappa shape index (κ2) is 8.79. The van der Waals surface area contributed by atoms with Gasteiger partial charge in [-0.3, -0.25) is 24.6 Å². The monoisotopic (exact) mass is 384 g/mol. The summed E-state index contributed by atoms with van der Waals surface area (Å²) >= 11 is 0. The zero-order valence-corrected chi connectivity index (χ0v) is 15.8. The first-order valence-corrected chi connectivity index (χ1v) is 9.38. The minimum absolute atomic E-state index is 0.0436. The van der Waals surface area contributed by atoms with Crippen LogP contribution in [0.15, 0.2) is 41.3 Å². The quantitative estimate of drug-likeness (QED) is 0.587. The Morgan fingerprint density at radius 1 is 1.32 bits per heavy atom. The van der Waals surface area contributed by atoms with Crippen molar-refractivity contribution < 1.29 is 9.72 Å². The second-order valence-electron chi connectivity index (χ2n) is 7.34. The fraction of sp³-hybridized carbons (Fsp3) is 0.400. The van der Waals surface area contributed by atoms with Gasteiger partial charge in [0.15, 0.2) is 0 Å². The molecule has 2 aromatic rings. The minimum atomic E-state index is -0.833. The number of carbonyl (C=O) groups is 1. The van der Waals surface area contributed by atoms with E-state index in [1.165, 1.54) is 24.6 Å². The van der Waals surface area contributed by atoms with Gasteiger partial charge in [0.05, 0.1) is 10.5 Å². The number of likely N-dealkylation sites (tertiary alicyclic amines) is 1. The van der Waals surface area contributed by atoms with Gasteiger partial charge in [-0.15, -0.1) is 0 Å². The summed E-state index contributed by atoms with van der Waals surface area (Å²) in [6.45, 7) is 5.77. The van der Waals surface area contributed by atoms with Crippen LogP contribution in [0.1, 0.15) is 41.3 Å². The summed E-state index contributed by atoms with van der Waals surface area (Å²) in [5.74, 6) is 0.262. The Balaban J connectivity index is 1.56. The van der Waals surface area contributed by atoms with E-state index in [-0.39, 0.29) is 5.56 Å². The van der Waals surface area contributed by atoms with Crippen LogP contribution in [0.2, 0.25) is 0 Å². The van der Waals surface area contributed by atoms with E-state index in [2.05, 4.69) is 34.3 Å². The molecule has 1 atom stereocenters. The van der Waals surface area contributed by atoms with Crippen LogP contribution in [0.4, 0.5) is 5.69 Å². The van der Waals surface area contributed by atoms with Gasteiger partial charge in [0.25, 0.3) is 5.91 Å². The van der Waals surface area contributed by atoms with Gasteiger partial charge in [0.1, 0.15) is 0 Å². The SMILES string of the molecule is CC1CCCN(Cc2ccc(CNC(=O)c3c[nH]c(=O)c([N+](=O)[O-])c3)cc2)C1. The molecule has 8 nitrogen and oxygen atoms in total. The maximum absolute atomic E-state index is 12.2. The fourth-order valence-electron chi connectivity index (χ4n) is 3.47. The van der Waals surface area contributed by atoms with Gasteiger partial charge in [0.2, 0.25) is 0 Å². The number of nitrogens with zero attached hydrogens (tertiary/aromatic N) is 2. The van der Waals surface area contributed by atoms with Crippen LogP contribution in [0.3, 0.4) is 0 Å². The molecular weight excluding hydrogens is 360 g/mol. The summed E-state index contributed by atoms with van der Waals surface area (Å²) in [5, 5.41) is 13.5. The van der Waals surface area contributed by atoms with E-state index < -0.39 is 22.1 Å². The first-order chi connectivity index (χ1) is 13.4. The number of hydrogen-bond donors (Lipinski definition) is 2. The Morgan fingerprint density at radius 2 is 2.04 bits per heavy atom. The first kappa shape index (κ1) is 19.8. The number of nitrogens with one attached hydrogen (secondary N) is 2. The van der Waals surface area contributed by atoms with Crippen molar-refractivity contribution in [3.8, 4) is 0 Å². The molecule has 0 spiro atoms. The number of benzene rings is 1. The van der Waals surface area contributed by atoms with E-state index in [4.69, 9.17) is 0 Å². The van der Waals surface area contributed by atoms with Crippen LogP contribution in [0.25, 0.3) is 0 Å². The molecule has 1 unspecified atom stereocenters. The maximum Gasteiger partial charge on any atom is 0.334 e. The molecule has 0 saturated carbocycles. The number of rotatable bonds is 6. The Bertz CT molecular complexity index is 907. The van der Waals surface area contributed by atoms with Gasteiger partial charge in [-0.2, -0.15) is 0 Å². The van der Waals surface area contributed by atoms with Gasteiger partial charge >= 0.3 is 11.2 Å². The molecule has 1 aromatic carbocycles. The highest BCUT2D eigenvalue weighted by molar-refractivity contribution is 5.94. The van der Waals surface area contributed by atoms with Crippen LogP contribution >= 0.6 is 0 Å². The summed E-state index contributed by atoms with van der Waals surface area (Å²) in [6, 6.07) is 9.05. The molecule has 8 heteroatoms. The number of aromatic nitrogens is 1. The van der Waals surface area contributed by atoms with Gasteiger partial charge in [-0.25, -0.2) is 0 Å². The predicted molar refractivity (Wildman–Crippen MR) is 105 cm³/mol. The second-order valence-corrected chi connectivity index (χ2v) is 7.34. The van der Waals surface area contributed by atoms with Crippen LogP contribution in [-0.4, -0.2) is 33.8 Å². The largest absolute Gasteiger partial charge is 0.348 e. The highest BCUT2D eigenvalue weighted by Crippen LogP contribution is 2.18. The standard InChI is InChI=1S/C20H24N4O4/c1-14-3-2-8-23(12-14)13-16-6-4-15(5-7-16)10-21-19(25)17-9-18(24(27)28)20(26)22-11-17/h4-7,9,11,14H,2-3,8,10,12-13H2,1H3,(H,21,25)(H,22,26). The minimum Gasteiger partial charge on any atom is -0.348 e. The molecule has 0 bridgehead atoms. The number of H-pyrrole nitrogens is 1. The Labute approximate surface area is 162 Å². The number of piperidine rings is 1. The number of pyridine rings is 1. The van der Waals surface area contributed by atoms with Crippen LogP contribution in [0.5, 0.6) is 0 Å². The normalized spacial score (nSPS) is 17.2. The third kappa shape index (κ3) is 5.04. The van der Waals surface area contributed by atoms with Crippen molar-refractivity contribution >= 4 is 11.6 Å². The smallest absolute Gasteiger partial charge is 0.334 e. The van der Waals surface area contributed by atoms with Crippen molar-refractivity contribution in [2.45, 2.75) is 32.9 Å². The number of hydrogen-bond acceptors (Lipinski definition) is 5. The van der Waals surface area contributed by atoms with Crippen molar-refractivity contribution in [1.82, 2.24) is 15.2 Å². The Hall–Kier alpha value is -3.00. The first-order valence-electron chi connectivity index (χ1n) is 9.38. The van der Waals surface area contributed by atoms with E-state index in [0.29, 0.717) is 6.54 Å². The molecule has 1 fully saturated rings. The molecule has 2 heterocycles. The lowest BCUT2D eigenvalue weighted by Crippen LogP contribution is -2.33. The van der Waals surface area contributed by atoms with E-state index in [1.54, 1.807) is 0 Å². The zero-order chi connectivity index (χ0) is 20.1. The highest BCUT2D eigenvalue weighted by Gasteiger charge is 2.17. The highest BCUT2D eigenvalue weighted by atomic mass is 16.6. The number of nitro groups is 1. The summed E-state index contributed by atoms with van der Waals surface area (Å²) in [6.07, 6.45) is 3.72. The Kier molecular flexibility index (Phi) is 6.20. The predicted octanol–water partition coefficient (Wildman–Crippen LogP) is 2.45. The molecule has 1 aromatic heterocycles. The van der Waals surface area contributed by atoms with Crippen LogP contribution in [0, 0.1) is 16.0 Å². The van der Waals surface area contributed by atoms with Crippen molar-refractivity contribution in [3.63, 3.8) is 0 Å². The average molecular weight is 384 g/mol. The van der Waals surface area contributed by atoms with Crippen molar-refractivity contribution in [2.24, 2.45) is 5.92 Å². The molecule has 148 valence electrons. The summed E-state index contributed by atoms with van der Waals surface area (Å²) < 4.78 is 0. The number of amides is 1. The lowest BCUT2D eigenvalue weighted by Gasteiger charge is -2.30. The third-order valence-corrected chi connectivity index (χ3v) is 4.97. The molecule has 3 rings (SSSR count). The average Bonchev–Trinajstić information content (AvgIpc) is 2.67. The molecule has 1 aliphatic heterocycles. The molecule has 2 N–H and O–H groups in total. The summed E-state index contributed by atoms with van der Waals surface area (Å²) in [4.78, 5) is 38.3. The Morgan fingerprint density at radius 3 is 2.71 bits per heavy atom. The van der Waals surface area contributed by atoms with E-state index in [1.807, 2.05) is 12.1 Å². The van der Waals surface area contributed by atoms with Gasteiger partial charge in [-0.05, 0) is 36.4 Å². The lowest BCUT2D eigenvalue weighted by atomic mass is 9.99. The van der Waals surface area contributed by atoms with Crippen molar-refractivity contribution in [2.75, 3.05) is 13.1 Å². The van der Waals surface area contributed by atoms with Crippen molar-refractivity contribution in [1.29, 1.82) is 0 Å². The molecule has 1 saturated heterocycles. The van der Waals surface area contributed by atoms with Gasteiger partial charge < -0.3 is 10.3 Å². The van der Waals surface area contributed by atoms with Crippen molar-refractivity contribution in [3.05, 3.63) is 73.7 Å². The van der Waals surface area contributed by atoms with Gasteiger partial charge in [-0.1, -0.05) is 31.2 Å². The van der Waals surface area contributed by atoms with Gasteiger partial charge in [0, 0.05) is 31.9 Å². The van der Waals surface area contributed by atoms with E-state index in [0.717, 1.165) is 37.2 Å². The topological polar surface area (TPSA) is 108 Å². The number of carbonyl (C=O) groups excluding carboxylic acids is 1. The fourth-order valence-corrected chi connectivity index (χ4v) is 3.47. The molecule has 1 aliphatic rings. The van der Waals surface area contributed by atoms with E-state index in [9.17, 15) is 19.7 Å².